The average Bonchev–Trinajstić information content (AvgIpc) is 3.41. The molecule has 0 atom stereocenters. The van der Waals surface area contributed by atoms with Crippen LogP contribution < -0.4 is 5.32 Å². The first-order chi connectivity index (χ1) is 16.0. The Morgan fingerprint density at radius 3 is 2.70 bits per heavy atom. The number of rotatable bonds is 12. The third-order valence-electron chi connectivity index (χ3n) is 4.80. The Hall–Kier alpha value is -2.91. The van der Waals surface area contributed by atoms with Crippen LogP contribution >= 0.6 is 23.1 Å². The number of nitrogens with zero attached hydrogens (tertiary/aromatic N) is 3. The molecule has 0 saturated heterocycles. The van der Waals surface area contributed by atoms with Gasteiger partial charge in [0, 0.05) is 17.8 Å². The van der Waals surface area contributed by atoms with Crippen LogP contribution in [0.1, 0.15) is 40.5 Å². The highest BCUT2D eigenvalue weighted by molar-refractivity contribution is 7.99. The number of amides is 1. The zero-order chi connectivity index (χ0) is 23.6. The van der Waals surface area contributed by atoms with Gasteiger partial charge in [0.05, 0.1) is 17.9 Å². The Morgan fingerprint density at radius 2 is 2.00 bits per heavy atom. The maximum absolute atomic E-state index is 12.6. The second-order valence-electron chi connectivity index (χ2n) is 7.15. The topological polar surface area (TPSA) is 86.1 Å². The molecule has 0 spiro atoms. The molecule has 9 heteroatoms. The number of thioether (sulfide) groups is 1. The number of hydrogen-bond acceptors (Lipinski definition) is 7. The van der Waals surface area contributed by atoms with Crippen LogP contribution in [-0.2, 0) is 35.3 Å². The van der Waals surface area contributed by atoms with Crippen molar-refractivity contribution in [2.45, 2.75) is 44.8 Å². The highest BCUT2D eigenvalue weighted by Crippen LogP contribution is 2.30. The number of aromatic nitrogens is 3. The quantitative estimate of drug-likeness (QED) is 0.226. The first kappa shape index (κ1) is 24.7. The van der Waals surface area contributed by atoms with Gasteiger partial charge in [-0.15, -0.1) is 28.1 Å². The number of esters is 1. The van der Waals surface area contributed by atoms with Gasteiger partial charge in [0.1, 0.15) is 10.8 Å². The van der Waals surface area contributed by atoms with Crippen LogP contribution in [0.2, 0.25) is 0 Å². The van der Waals surface area contributed by atoms with Gasteiger partial charge in [0.15, 0.2) is 5.16 Å². The van der Waals surface area contributed by atoms with Crippen molar-refractivity contribution in [3.05, 3.63) is 70.9 Å². The maximum Gasteiger partial charge on any atom is 0.341 e. The normalized spacial score (nSPS) is 10.7. The summed E-state index contributed by atoms with van der Waals surface area (Å²) in [6, 6.07) is 12.0. The molecule has 0 radical (unpaired) electrons. The largest absolute Gasteiger partial charge is 0.462 e. The molecule has 3 aromatic rings. The Bertz CT molecular complexity index is 1090. The Kier molecular flexibility index (Phi) is 9.26. The van der Waals surface area contributed by atoms with Crippen molar-refractivity contribution in [3.63, 3.8) is 0 Å². The number of carbonyl (C=O) groups excluding carboxylic acids is 2. The highest BCUT2D eigenvalue weighted by Gasteiger charge is 2.19. The van der Waals surface area contributed by atoms with Crippen LogP contribution in [0.5, 0.6) is 0 Å². The number of carbonyl (C=O) groups is 2. The molecule has 0 aliphatic carbocycles. The smallest absolute Gasteiger partial charge is 0.341 e. The predicted molar refractivity (Wildman–Crippen MR) is 133 cm³/mol. The van der Waals surface area contributed by atoms with Gasteiger partial charge in [0.2, 0.25) is 5.91 Å². The van der Waals surface area contributed by atoms with E-state index in [2.05, 4.69) is 34.2 Å². The SMILES string of the molecule is C=CCn1c(CCc2ccccc2)nnc1SCC(=O)Nc1sc(CC)cc1C(=O)OCC. The lowest BCUT2D eigenvalue weighted by molar-refractivity contribution is -0.113. The zero-order valence-electron chi connectivity index (χ0n) is 18.9. The van der Waals surface area contributed by atoms with Crippen molar-refractivity contribution >= 4 is 40.0 Å². The molecule has 0 aliphatic heterocycles. The molecule has 0 bridgehead atoms. The summed E-state index contributed by atoms with van der Waals surface area (Å²) in [5.41, 5.74) is 1.63. The van der Waals surface area contributed by atoms with Crippen LogP contribution in [0.4, 0.5) is 5.00 Å². The number of hydrogen-bond donors (Lipinski definition) is 1. The lowest BCUT2D eigenvalue weighted by atomic mass is 10.1. The summed E-state index contributed by atoms with van der Waals surface area (Å²) in [7, 11) is 0. The molecule has 1 amide bonds. The number of benzene rings is 1. The van der Waals surface area contributed by atoms with Crippen molar-refractivity contribution in [1.29, 1.82) is 0 Å². The fraction of sp³-hybridized carbons (Fsp3) is 0.333. The molecule has 7 nitrogen and oxygen atoms in total. The van der Waals surface area contributed by atoms with E-state index in [4.69, 9.17) is 4.74 Å². The molecule has 174 valence electrons. The van der Waals surface area contributed by atoms with Crippen LogP contribution in [0.25, 0.3) is 0 Å². The molecule has 0 saturated carbocycles. The monoisotopic (exact) mass is 484 g/mol. The van der Waals surface area contributed by atoms with E-state index in [1.165, 1.54) is 28.7 Å². The van der Waals surface area contributed by atoms with E-state index in [9.17, 15) is 9.59 Å². The molecule has 1 aromatic carbocycles. The fourth-order valence-electron chi connectivity index (χ4n) is 3.19. The summed E-state index contributed by atoms with van der Waals surface area (Å²) in [5, 5.41) is 12.7. The summed E-state index contributed by atoms with van der Waals surface area (Å²) in [4.78, 5) is 25.9. The van der Waals surface area contributed by atoms with Gasteiger partial charge in [-0.3, -0.25) is 4.79 Å². The third kappa shape index (κ3) is 6.79. The lowest BCUT2D eigenvalue weighted by Gasteiger charge is -2.08. The summed E-state index contributed by atoms with van der Waals surface area (Å²) in [6.07, 6.45) is 4.17. The van der Waals surface area contributed by atoms with E-state index >= 15 is 0 Å². The van der Waals surface area contributed by atoms with Crippen LogP contribution in [0.3, 0.4) is 0 Å². The molecule has 33 heavy (non-hydrogen) atoms. The first-order valence-corrected chi connectivity index (χ1v) is 12.6. The van der Waals surface area contributed by atoms with E-state index in [1.807, 2.05) is 29.7 Å². The lowest BCUT2D eigenvalue weighted by Crippen LogP contribution is -2.16. The minimum atomic E-state index is -0.426. The number of nitrogens with one attached hydrogen (secondary N) is 1. The molecule has 3 rings (SSSR count). The Balaban J connectivity index is 1.64. The second-order valence-corrected chi connectivity index (χ2v) is 9.23. The summed E-state index contributed by atoms with van der Waals surface area (Å²) < 4.78 is 7.10. The van der Waals surface area contributed by atoms with Crippen molar-refractivity contribution in [3.8, 4) is 0 Å². The molecule has 1 N–H and O–H groups in total. The minimum Gasteiger partial charge on any atom is -0.462 e. The molecule has 2 heterocycles. The number of anilines is 1. The third-order valence-corrected chi connectivity index (χ3v) is 6.96. The van der Waals surface area contributed by atoms with E-state index in [0.29, 0.717) is 22.3 Å². The number of thiophene rings is 1. The van der Waals surface area contributed by atoms with Crippen LogP contribution in [-0.4, -0.2) is 39.0 Å². The van der Waals surface area contributed by atoms with Crippen molar-refractivity contribution < 1.29 is 14.3 Å². The molecular formula is C24H28N4O3S2. The highest BCUT2D eigenvalue weighted by atomic mass is 32.2. The molecule has 0 aliphatic rings. The van der Waals surface area contributed by atoms with Gasteiger partial charge < -0.3 is 14.6 Å². The fourth-order valence-corrected chi connectivity index (χ4v) is 4.95. The zero-order valence-corrected chi connectivity index (χ0v) is 20.5. The van der Waals surface area contributed by atoms with E-state index in [1.54, 1.807) is 19.1 Å². The number of aryl methyl sites for hydroxylation is 3. The molecule has 0 fully saturated rings. The standard InChI is InChI=1S/C24H28N4O3S2/c1-4-14-28-20(13-12-17-10-8-7-9-11-17)26-27-24(28)32-16-21(29)25-22-19(23(30)31-6-3)15-18(5-2)33-22/h4,7-11,15H,1,5-6,12-14,16H2,2-3H3,(H,25,29). The van der Waals surface area contributed by atoms with E-state index < -0.39 is 5.97 Å². The minimum absolute atomic E-state index is 0.148. The number of allylic oxidation sites excluding steroid dienone is 1. The average molecular weight is 485 g/mol. The first-order valence-electron chi connectivity index (χ1n) is 10.8. The van der Waals surface area contributed by atoms with Gasteiger partial charge in [-0.25, -0.2) is 4.79 Å². The Labute approximate surface area is 202 Å². The van der Waals surface area contributed by atoms with Crippen molar-refractivity contribution in [1.82, 2.24) is 14.8 Å². The van der Waals surface area contributed by atoms with Crippen LogP contribution in [0.15, 0.2) is 54.2 Å². The van der Waals surface area contributed by atoms with E-state index in [0.717, 1.165) is 30.0 Å². The van der Waals surface area contributed by atoms with Gasteiger partial charge in [-0.1, -0.05) is 55.1 Å². The Morgan fingerprint density at radius 1 is 1.21 bits per heavy atom. The summed E-state index contributed by atoms with van der Waals surface area (Å²) >= 11 is 2.71. The van der Waals surface area contributed by atoms with Gasteiger partial charge in [-0.2, -0.15) is 0 Å². The summed E-state index contributed by atoms with van der Waals surface area (Å²) in [5.74, 6) is 0.367. The molecule has 2 aromatic heterocycles. The van der Waals surface area contributed by atoms with Gasteiger partial charge in [-0.05, 0) is 31.4 Å². The predicted octanol–water partition coefficient (Wildman–Crippen LogP) is 4.78. The molecular weight excluding hydrogens is 456 g/mol. The second kappa shape index (κ2) is 12.4. The van der Waals surface area contributed by atoms with E-state index in [-0.39, 0.29) is 18.3 Å². The van der Waals surface area contributed by atoms with Crippen molar-refractivity contribution in [2.75, 3.05) is 17.7 Å². The summed E-state index contributed by atoms with van der Waals surface area (Å²) in [6.45, 7) is 8.44. The number of ether oxygens (including phenoxy) is 1. The van der Waals surface area contributed by atoms with Gasteiger partial charge in [0.25, 0.3) is 0 Å². The van der Waals surface area contributed by atoms with Crippen molar-refractivity contribution in [2.24, 2.45) is 0 Å². The van der Waals surface area contributed by atoms with Gasteiger partial charge >= 0.3 is 5.97 Å². The van der Waals surface area contributed by atoms with Crippen LogP contribution in [0, 0.1) is 0 Å². The molecule has 0 unspecified atom stereocenters. The maximum atomic E-state index is 12.6.